The van der Waals surface area contributed by atoms with Crippen molar-refractivity contribution in [1.29, 1.82) is 0 Å². The molecule has 1 amide bonds. The summed E-state index contributed by atoms with van der Waals surface area (Å²) in [7, 11) is 0. The molecule has 1 aromatic heterocycles. The third kappa shape index (κ3) is 1.84. The predicted molar refractivity (Wildman–Crippen MR) is 67.1 cm³/mol. The Kier molecular flexibility index (Phi) is 2.34. The summed E-state index contributed by atoms with van der Waals surface area (Å²) in [5.74, 6) is 0.364. The van der Waals surface area contributed by atoms with Crippen LogP contribution in [0.15, 0.2) is 16.8 Å². The molecule has 0 N–H and O–H groups in total. The number of fused-ring (bicyclic) bond motifs is 2. The Morgan fingerprint density at radius 3 is 2.89 bits per heavy atom. The van der Waals surface area contributed by atoms with E-state index in [4.69, 9.17) is 4.52 Å². The second kappa shape index (κ2) is 3.59. The number of hydrogen-bond donors (Lipinski definition) is 0. The first kappa shape index (κ1) is 11.8. The zero-order valence-corrected chi connectivity index (χ0v) is 11.3. The first-order chi connectivity index (χ1) is 8.39. The van der Waals surface area contributed by atoms with Gasteiger partial charge in [0.05, 0.1) is 6.20 Å². The summed E-state index contributed by atoms with van der Waals surface area (Å²) in [5, 5.41) is 3.62. The second-order valence-electron chi connectivity index (χ2n) is 7.02. The molecule has 0 spiro atoms. The quantitative estimate of drug-likeness (QED) is 0.767. The third-order valence-corrected chi connectivity index (χ3v) is 4.32. The van der Waals surface area contributed by atoms with Crippen molar-refractivity contribution in [2.75, 3.05) is 6.54 Å². The lowest BCUT2D eigenvalue weighted by Crippen LogP contribution is -2.37. The van der Waals surface area contributed by atoms with E-state index in [2.05, 4.69) is 25.9 Å². The van der Waals surface area contributed by atoms with Crippen LogP contribution in [0.2, 0.25) is 0 Å². The summed E-state index contributed by atoms with van der Waals surface area (Å²) in [4.78, 5) is 14.4. The zero-order valence-electron chi connectivity index (χ0n) is 11.3. The van der Waals surface area contributed by atoms with E-state index in [-0.39, 0.29) is 11.3 Å². The molecule has 1 aromatic rings. The molecule has 2 aliphatic rings. The lowest BCUT2D eigenvalue weighted by atomic mass is 9.65. The zero-order chi connectivity index (χ0) is 13.0. The first-order valence-corrected chi connectivity index (χ1v) is 6.60. The fourth-order valence-corrected chi connectivity index (χ4v) is 4.16. The van der Waals surface area contributed by atoms with Gasteiger partial charge < -0.3 is 9.42 Å². The van der Waals surface area contributed by atoms with Gasteiger partial charge >= 0.3 is 0 Å². The van der Waals surface area contributed by atoms with E-state index in [1.165, 1.54) is 12.6 Å². The van der Waals surface area contributed by atoms with Gasteiger partial charge in [-0.05, 0) is 30.1 Å². The number of rotatable bonds is 1. The Hall–Kier alpha value is -1.32. The Labute approximate surface area is 107 Å². The molecule has 4 nitrogen and oxygen atoms in total. The molecule has 1 aliphatic carbocycles. The molecule has 1 aliphatic heterocycles. The highest BCUT2D eigenvalue weighted by Gasteiger charge is 2.51. The van der Waals surface area contributed by atoms with Crippen molar-refractivity contribution >= 4 is 5.91 Å². The summed E-state index contributed by atoms with van der Waals surface area (Å²) < 4.78 is 5.00. The smallest absolute Gasteiger partial charge is 0.292 e. The topological polar surface area (TPSA) is 46.3 Å². The molecule has 2 fully saturated rings. The predicted octanol–water partition coefficient (Wildman–Crippen LogP) is 2.72. The lowest BCUT2D eigenvalue weighted by Gasteiger charge is -2.39. The van der Waals surface area contributed by atoms with Gasteiger partial charge in [0.2, 0.25) is 5.76 Å². The molecule has 1 saturated heterocycles. The Morgan fingerprint density at radius 2 is 2.22 bits per heavy atom. The molecule has 0 aromatic carbocycles. The largest absolute Gasteiger partial charge is 0.351 e. The highest BCUT2D eigenvalue weighted by molar-refractivity contribution is 5.91. The van der Waals surface area contributed by atoms with Crippen molar-refractivity contribution < 1.29 is 9.32 Å². The maximum atomic E-state index is 12.4. The molecule has 18 heavy (non-hydrogen) atoms. The fourth-order valence-electron chi connectivity index (χ4n) is 4.16. The number of carbonyl (C=O) groups is 1. The number of likely N-dealkylation sites (tertiary alicyclic amines) is 1. The molecular formula is C14H20N2O2. The Morgan fingerprint density at radius 1 is 1.44 bits per heavy atom. The van der Waals surface area contributed by atoms with Gasteiger partial charge in [0, 0.05) is 18.7 Å². The van der Waals surface area contributed by atoms with Crippen LogP contribution in [-0.2, 0) is 0 Å². The van der Waals surface area contributed by atoms with Crippen molar-refractivity contribution in [3.8, 4) is 0 Å². The summed E-state index contributed by atoms with van der Waals surface area (Å²) >= 11 is 0. The van der Waals surface area contributed by atoms with Crippen LogP contribution in [-0.4, -0.2) is 28.6 Å². The fraction of sp³-hybridized carbons (Fsp3) is 0.714. The van der Waals surface area contributed by atoms with Gasteiger partial charge in [-0.15, -0.1) is 0 Å². The second-order valence-corrected chi connectivity index (χ2v) is 7.02. The van der Waals surface area contributed by atoms with E-state index in [1.54, 1.807) is 6.07 Å². The van der Waals surface area contributed by atoms with E-state index in [0.29, 0.717) is 17.2 Å². The van der Waals surface area contributed by atoms with Crippen molar-refractivity contribution in [2.24, 2.45) is 10.8 Å². The van der Waals surface area contributed by atoms with E-state index in [0.717, 1.165) is 19.4 Å². The van der Waals surface area contributed by atoms with E-state index in [1.807, 2.05) is 4.90 Å². The van der Waals surface area contributed by atoms with Crippen LogP contribution in [0.4, 0.5) is 0 Å². The average molecular weight is 248 g/mol. The number of nitrogens with zero attached hydrogens (tertiary/aromatic N) is 2. The van der Waals surface area contributed by atoms with Crippen LogP contribution < -0.4 is 0 Å². The maximum absolute atomic E-state index is 12.4. The van der Waals surface area contributed by atoms with Crippen LogP contribution >= 0.6 is 0 Å². The number of amides is 1. The minimum Gasteiger partial charge on any atom is -0.351 e. The normalized spacial score (nSPS) is 33.7. The molecular weight excluding hydrogens is 228 g/mol. The standard InChI is InChI=1S/C14H20N2O2/c1-13(2)6-10-7-14(3,8-13)9-16(10)12(17)11-4-5-15-18-11/h4-5,10H,6-9H2,1-3H3. The molecule has 2 atom stereocenters. The number of aromatic nitrogens is 1. The SMILES string of the molecule is CC1(C)CC2CC(C)(CN2C(=O)c2ccno2)C1. The minimum absolute atomic E-state index is 0.000995. The van der Waals surface area contributed by atoms with Crippen LogP contribution in [0.3, 0.4) is 0 Å². The lowest BCUT2D eigenvalue weighted by molar-refractivity contribution is 0.0667. The van der Waals surface area contributed by atoms with Gasteiger partial charge in [0.25, 0.3) is 5.91 Å². The Balaban J connectivity index is 1.86. The minimum atomic E-state index is -0.000995. The summed E-state index contributed by atoms with van der Waals surface area (Å²) in [5.41, 5.74) is 0.593. The van der Waals surface area contributed by atoms with Crippen LogP contribution in [0.5, 0.6) is 0 Å². The highest BCUT2D eigenvalue weighted by atomic mass is 16.5. The summed E-state index contributed by atoms with van der Waals surface area (Å²) in [6, 6.07) is 2.01. The Bertz CT molecular complexity index is 466. The van der Waals surface area contributed by atoms with E-state index < -0.39 is 0 Å². The van der Waals surface area contributed by atoms with Crippen molar-refractivity contribution in [3.05, 3.63) is 18.0 Å². The van der Waals surface area contributed by atoms with Crippen molar-refractivity contribution in [3.63, 3.8) is 0 Å². The third-order valence-electron chi connectivity index (χ3n) is 4.32. The molecule has 1 saturated carbocycles. The van der Waals surface area contributed by atoms with Crippen LogP contribution in [0.1, 0.15) is 50.6 Å². The average Bonchev–Trinajstić information content (AvgIpc) is 2.82. The monoisotopic (exact) mass is 248 g/mol. The van der Waals surface area contributed by atoms with Gasteiger partial charge in [-0.25, -0.2) is 0 Å². The molecule has 98 valence electrons. The van der Waals surface area contributed by atoms with Gasteiger partial charge in [-0.1, -0.05) is 25.9 Å². The number of hydrogen-bond acceptors (Lipinski definition) is 3. The maximum Gasteiger partial charge on any atom is 0.292 e. The van der Waals surface area contributed by atoms with Crippen molar-refractivity contribution in [1.82, 2.24) is 10.1 Å². The molecule has 2 bridgehead atoms. The molecule has 2 heterocycles. The first-order valence-electron chi connectivity index (χ1n) is 6.60. The van der Waals surface area contributed by atoms with Crippen molar-refractivity contribution in [2.45, 2.75) is 46.1 Å². The molecule has 2 unspecified atom stereocenters. The van der Waals surface area contributed by atoms with Gasteiger partial charge in [0.15, 0.2) is 0 Å². The van der Waals surface area contributed by atoms with Crippen LogP contribution in [0, 0.1) is 10.8 Å². The van der Waals surface area contributed by atoms with Gasteiger partial charge in [-0.2, -0.15) is 0 Å². The molecule has 4 heteroatoms. The molecule has 3 rings (SSSR count). The van der Waals surface area contributed by atoms with Gasteiger partial charge in [0.1, 0.15) is 0 Å². The van der Waals surface area contributed by atoms with Crippen LogP contribution in [0.25, 0.3) is 0 Å². The van der Waals surface area contributed by atoms with E-state index >= 15 is 0 Å². The summed E-state index contributed by atoms with van der Waals surface area (Å²) in [6.45, 7) is 7.76. The molecule has 0 radical (unpaired) electrons. The van der Waals surface area contributed by atoms with Gasteiger partial charge in [-0.3, -0.25) is 4.79 Å². The highest BCUT2D eigenvalue weighted by Crippen LogP contribution is 2.52. The summed E-state index contributed by atoms with van der Waals surface area (Å²) in [6.07, 6.45) is 4.93. The van der Waals surface area contributed by atoms with E-state index in [9.17, 15) is 4.79 Å². The number of carbonyl (C=O) groups excluding carboxylic acids is 1.